The van der Waals surface area contributed by atoms with Gasteiger partial charge >= 0.3 is 0 Å². The molecule has 0 unspecified atom stereocenters. The van der Waals surface area contributed by atoms with Gasteiger partial charge in [0.1, 0.15) is 0 Å². The highest BCUT2D eigenvalue weighted by Gasteiger charge is 2.01. The van der Waals surface area contributed by atoms with Gasteiger partial charge in [-0.2, -0.15) is 0 Å². The van der Waals surface area contributed by atoms with E-state index in [9.17, 15) is 0 Å². The highest BCUT2D eigenvalue weighted by Crippen LogP contribution is 2.04. The van der Waals surface area contributed by atoms with Gasteiger partial charge in [0, 0.05) is 13.1 Å². The zero-order chi connectivity index (χ0) is 8.93. The van der Waals surface area contributed by atoms with Crippen LogP contribution in [-0.4, -0.2) is 13.1 Å². The summed E-state index contributed by atoms with van der Waals surface area (Å²) in [6.07, 6.45) is 3.34. The number of rotatable bonds is 1. The molecule has 1 fully saturated rings. The SMILES string of the molecule is C(=C1NCCCN1)c1ccccc1. The summed E-state index contributed by atoms with van der Waals surface area (Å²) in [6, 6.07) is 10.3. The molecule has 0 aliphatic carbocycles. The van der Waals surface area contributed by atoms with E-state index in [0.717, 1.165) is 18.9 Å². The van der Waals surface area contributed by atoms with Crippen molar-refractivity contribution >= 4 is 6.08 Å². The summed E-state index contributed by atoms with van der Waals surface area (Å²) in [7, 11) is 0. The summed E-state index contributed by atoms with van der Waals surface area (Å²) in [5.74, 6) is 1.14. The van der Waals surface area contributed by atoms with Crippen molar-refractivity contribution in [1.29, 1.82) is 0 Å². The van der Waals surface area contributed by atoms with Crippen LogP contribution in [0.1, 0.15) is 12.0 Å². The molecule has 68 valence electrons. The molecule has 0 saturated carbocycles. The van der Waals surface area contributed by atoms with Gasteiger partial charge in [0.05, 0.1) is 5.82 Å². The van der Waals surface area contributed by atoms with Crippen LogP contribution in [0.2, 0.25) is 0 Å². The zero-order valence-electron chi connectivity index (χ0n) is 7.59. The average Bonchev–Trinajstić information content (AvgIpc) is 2.21. The Labute approximate surface area is 78.7 Å². The maximum atomic E-state index is 3.32. The molecule has 0 atom stereocenters. The largest absolute Gasteiger partial charge is 0.372 e. The van der Waals surface area contributed by atoms with Crippen molar-refractivity contribution in [3.8, 4) is 0 Å². The molecule has 1 heterocycles. The van der Waals surface area contributed by atoms with E-state index in [2.05, 4.69) is 41.0 Å². The van der Waals surface area contributed by atoms with Crippen molar-refractivity contribution in [1.82, 2.24) is 10.6 Å². The molecule has 0 aromatic heterocycles. The van der Waals surface area contributed by atoms with Crippen LogP contribution in [0.5, 0.6) is 0 Å². The Morgan fingerprint density at radius 3 is 2.38 bits per heavy atom. The fourth-order valence-electron chi connectivity index (χ4n) is 1.41. The normalized spacial score (nSPS) is 15.8. The molecule has 1 aromatic carbocycles. The monoisotopic (exact) mass is 174 g/mol. The molecule has 1 aliphatic rings. The molecule has 2 nitrogen and oxygen atoms in total. The maximum absolute atomic E-state index is 3.32. The van der Waals surface area contributed by atoms with Crippen molar-refractivity contribution in [2.24, 2.45) is 0 Å². The number of nitrogens with one attached hydrogen (secondary N) is 2. The van der Waals surface area contributed by atoms with E-state index >= 15 is 0 Å². The Morgan fingerprint density at radius 2 is 1.69 bits per heavy atom. The Balaban J connectivity index is 2.10. The molecule has 2 heteroatoms. The fourth-order valence-corrected chi connectivity index (χ4v) is 1.41. The highest BCUT2D eigenvalue weighted by molar-refractivity contribution is 5.51. The first kappa shape index (κ1) is 8.17. The van der Waals surface area contributed by atoms with Gasteiger partial charge in [0.2, 0.25) is 0 Å². The summed E-state index contributed by atoms with van der Waals surface area (Å²) < 4.78 is 0. The highest BCUT2D eigenvalue weighted by atomic mass is 15.1. The van der Waals surface area contributed by atoms with Gasteiger partial charge in [0.25, 0.3) is 0 Å². The van der Waals surface area contributed by atoms with E-state index in [-0.39, 0.29) is 0 Å². The molecule has 1 saturated heterocycles. The third-order valence-corrected chi connectivity index (χ3v) is 2.10. The Bertz CT molecular complexity index is 282. The van der Waals surface area contributed by atoms with Crippen molar-refractivity contribution in [2.45, 2.75) is 6.42 Å². The van der Waals surface area contributed by atoms with Crippen LogP contribution in [0.25, 0.3) is 6.08 Å². The summed E-state index contributed by atoms with van der Waals surface area (Å²) >= 11 is 0. The molecule has 2 rings (SSSR count). The summed E-state index contributed by atoms with van der Waals surface area (Å²) in [5, 5.41) is 6.64. The zero-order valence-corrected chi connectivity index (χ0v) is 7.59. The lowest BCUT2D eigenvalue weighted by atomic mass is 10.2. The second-order valence-corrected chi connectivity index (χ2v) is 3.18. The summed E-state index contributed by atoms with van der Waals surface area (Å²) in [4.78, 5) is 0. The fraction of sp³-hybridized carbons (Fsp3) is 0.273. The molecule has 1 aromatic rings. The van der Waals surface area contributed by atoms with Crippen LogP contribution in [0.15, 0.2) is 36.2 Å². The first-order valence-corrected chi connectivity index (χ1v) is 4.70. The maximum Gasteiger partial charge on any atom is 0.0992 e. The topological polar surface area (TPSA) is 24.1 Å². The minimum atomic E-state index is 1.08. The Kier molecular flexibility index (Phi) is 2.51. The number of hydrogen-bond acceptors (Lipinski definition) is 2. The molecule has 0 amide bonds. The molecule has 0 bridgehead atoms. The predicted molar refractivity (Wildman–Crippen MR) is 55.0 cm³/mol. The molecule has 0 spiro atoms. The van der Waals surface area contributed by atoms with Gasteiger partial charge < -0.3 is 10.6 Å². The molecule has 0 radical (unpaired) electrons. The molecule has 13 heavy (non-hydrogen) atoms. The van der Waals surface area contributed by atoms with E-state index in [1.54, 1.807) is 0 Å². The lowest BCUT2D eigenvalue weighted by molar-refractivity contribution is 0.578. The van der Waals surface area contributed by atoms with Gasteiger partial charge in [-0.3, -0.25) is 0 Å². The van der Waals surface area contributed by atoms with E-state index in [0.29, 0.717) is 0 Å². The molecule has 2 N–H and O–H groups in total. The standard InChI is InChI=1S/C11H14N2/c1-2-5-10(6-3-1)9-11-12-7-4-8-13-11/h1-3,5-6,9,12-13H,4,7-8H2. The van der Waals surface area contributed by atoms with Crippen LogP contribution in [0.3, 0.4) is 0 Å². The van der Waals surface area contributed by atoms with E-state index in [1.165, 1.54) is 12.0 Å². The third kappa shape index (κ3) is 2.25. The number of benzene rings is 1. The first-order valence-electron chi connectivity index (χ1n) is 4.70. The second kappa shape index (κ2) is 3.99. The van der Waals surface area contributed by atoms with Crippen molar-refractivity contribution < 1.29 is 0 Å². The van der Waals surface area contributed by atoms with E-state index in [1.807, 2.05) is 6.07 Å². The summed E-state index contributed by atoms with van der Waals surface area (Å²) in [6.45, 7) is 2.15. The van der Waals surface area contributed by atoms with E-state index in [4.69, 9.17) is 0 Å². The van der Waals surface area contributed by atoms with Gasteiger partial charge in [-0.05, 0) is 18.1 Å². The molecular formula is C11H14N2. The van der Waals surface area contributed by atoms with Gasteiger partial charge in [-0.25, -0.2) is 0 Å². The van der Waals surface area contributed by atoms with Crippen LogP contribution >= 0.6 is 0 Å². The quantitative estimate of drug-likeness (QED) is 0.675. The smallest absolute Gasteiger partial charge is 0.0992 e. The van der Waals surface area contributed by atoms with Crippen molar-refractivity contribution in [3.05, 3.63) is 41.7 Å². The van der Waals surface area contributed by atoms with Crippen LogP contribution < -0.4 is 10.6 Å². The lowest BCUT2D eigenvalue weighted by Gasteiger charge is -2.18. The first-order chi connectivity index (χ1) is 6.45. The third-order valence-electron chi connectivity index (χ3n) is 2.10. The molecular weight excluding hydrogens is 160 g/mol. The molecule has 1 aliphatic heterocycles. The van der Waals surface area contributed by atoms with Crippen LogP contribution in [-0.2, 0) is 0 Å². The Hall–Kier alpha value is -1.44. The lowest BCUT2D eigenvalue weighted by Crippen LogP contribution is -2.34. The minimum absolute atomic E-state index is 1.08. The number of hydrogen-bond donors (Lipinski definition) is 2. The predicted octanol–water partition coefficient (Wildman–Crippen LogP) is 1.57. The Morgan fingerprint density at radius 1 is 1.00 bits per heavy atom. The van der Waals surface area contributed by atoms with Gasteiger partial charge in [-0.1, -0.05) is 30.3 Å². The minimum Gasteiger partial charge on any atom is -0.372 e. The van der Waals surface area contributed by atoms with Crippen molar-refractivity contribution in [2.75, 3.05) is 13.1 Å². The van der Waals surface area contributed by atoms with Gasteiger partial charge in [-0.15, -0.1) is 0 Å². The van der Waals surface area contributed by atoms with Crippen LogP contribution in [0.4, 0.5) is 0 Å². The van der Waals surface area contributed by atoms with Gasteiger partial charge in [0.15, 0.2) is 0 Å². The van der Waals surface area contributed by atoms with Crippen molar-refractivity contribution in [3.63, 3.8) is 0 Å². The summed E-state index contributed by atoms with van der Waals surface area (Å²) in [5.41, 5.74) is 1.24. The average molecular weight is 174 g/mol. The second-order valence-electron chi connectivity index (χ2n) is 3.18. The van der Waals surface area contributed by atoms with E-state index < -0.39 is 0 Å². The van der Waals surface area contributed by atoms with Crippen LogP contribution in [0, 0.1) is 0 Å².